The lowest BCUT2D eigenvalue weighted by molar-refractivity contribution is 0.150. The lowest BCUT2D eigenvalue weighted by Crippen LogP contribution is -2.46. The van der Waals surface area contributed by atoms with Gasteiger partial charge < -0.3 is 10.3 Å². The van der Waals surface area contributed by atoms with Gasteiger partial charge in [0.1, 0.15) is 0 Å². The fraction of sp³-hybridized carbons (Fsp3) is 0.531. The summed E-state index contributed by atoms with van der Waals surface area (Å²) in [5.74, 6) is 0. The Morgan fingerprint density at radius 3 is 2.72 bits per heavy atom. The molecule has 5 rings (SSSR count). The summed E-state index contributed by atoms with van der Waals surface area (Å²) in [6, 6.07) is 12.4. The van der Waals surface area contributed by atoms with E-state index in [1.54, 1.807) is 0 Å². The van der Waals surface area contributed by atoms with E-state index in [0.29, 0.717) is 12.1 Å². The quantitative estimate of drug-likeness (QED) is 0.214. The van der Waals surface area contributed by atoms with Crippen LogP contribution in [-0.4, -0.2) is 33.5 Å². The van der Waals surface area contributed by atoms with Crippen molar-refractivity contribution in [1.29, 1.82) is 0 Å². The highest BCUT2D eigenvalue weighted by molar-refractivity contribution is 5.85. The molecule has 0 bridgehead atoms. The number of hydrogen-bond acceptors (Lipinski definition) is 3. The van der Waals surface area contributed by atoms with Crippen LogP contribution in [0.5, 0.6) is 0 Å². The summed E-state index contributed by atoms with van der Waals surface area (Å²) in [5.41, 5.74) is 9.36. The molecule has 3 atom stereocenters. The molecule has 1 aliphatic carbocycles. The van der Waals surface area contributed by atoms with Gasteiger partial charge in [-0.3, -0.25) is 9.88 Å². The smallest absolute Gasteiger partial charge is 0.0938 e. The Labute approximate surface area is 217 Å². The zero-order valence-corrected chi connectivity index (χ0v) is 22.7. The lowest BCUT2D eigenvalue weighted by Gasteiger charge is -2.44. The van der Waals surface area contributed by atoms with E-state index >= 15 is 0 Å². The van der Waals surface area contributed by atoms with Gasteiger partial charge in [0.15, 0.2) is 0 Å². The first-order valence-electron chi connectivity index (χ1n) is 14.4. The van der Waals surface area contributed by atoms with Gasteiger partial charge in [-0.2, -0.15) is 0 Å². The van der Waals surface area contributed by atoms with Crippen molar-refractivity contribution in [2.45, 2.75) is 104 Å². The molecule has 1 aliphatic heterocycles. The number of rotatable bonds is 11. The van der Waals surface area contributed by atoms with Crippen LogP contribution in [0, 0.1) is 0 Å². The number of H-pyrrole nitrogens is 1. The van der Waals surface area contributed by atoms with Crippen molar-refractivity contribution in [3.05, 3.63) is 70.7 Å². The molecule has 36 heavy (non-hydrogen) atoms. The molecule has 0 saturated carbocycles. The third-order valence-electron chi connectivity index (χ3n) is 8.57. The van der Waals surface area contributed by atoms with Gasteiger partial charge >= 0.3 is 0 Å². The summed E-state index contributed by atoms with van der Waals surface area (Å²) in [5, 5.41) is 5.20. The van der Waals surface area contributed by atoms with Gasteiger partial charge in [0, 0.05) is 35.2 Å². The normalized spacial score (nSPS) is 20.6. The molecule has 3 heterocycles. The highest BCUT2D eigenvalue weighted by atomic mass is 15.2. The van der Waals surface area contributed by atoms with Crippen molar-refractivity contribution < 1.29 is 0 Å². The van der Waals surface area contributed by atoms with Crippen molar-refractivity contribution in [2.75, 3.05) is 11.9 Å². The fourth-order valence-electron chi connectivity index (χ4n) is 6.31. The number of aryl methyl sites for hydroxylation is 1. The molecule has 1 aromatic carbocycles. The summed E-state index contributed by atoms with van der Waals surface area (Å²) in [6.45, 7) is 10.2. The van der Waals surface area contributed by atoms with Gasteiger partial charge in [-0.05, 0) is 62.3 Å². The first-order valence-corrected chi connectivity index (χ1v) is 14.4. The van der Waals surface area contributed by atoms with Gasteiger partial charge in [0.05, 0.1) is 23.6 Å². The number of aromatic amines is 1. The Hall–Kier alpha value is -2.59. The number of anilines is 1. The maximum Gasteiger partial charge on any atom is 0.0938 e. The van der Waals surface area contributed by atoms with Gasteiger partial charge in [-0.25, -0.2) is 0 Å². The Bertz CT molecular complexity index is 1210. The lowest BCUT2D eigenvalue weighted by atomic mass is 9.85. The van der Waals surface area contributed by atoms with Crippen LogP contribution in [0.4, 0.5) is 5.69 Å². The molecule has 2 aromatic heterocycles. The molecule has 0 fully saturated rings. The van der Waals surface area contributed by atoms with Crippen molar-refractivity contribution in [3.8, 4) is 0 Å². The van der Waals surface area contributed by atoms with E-state index in [4.69, 9.17) is 4.98 Å². The molecule has 0 spiro atoms. The van der Waals surface area contributed by atoms with Crippen LogP contribution in [-0.2, 0) is 12.8 Å². The van der Waals surface area contributed by atoms with Gasteiger partial charge in [-0.15, -0.1) is 0 Å². The highest BCUT2D eigenvalue weighted by Crippen LogP contribution is 2.43. The van der Waals surface area contributed by atoms with E-state index in [0.717, 1.165) is 32.2 Å². The number of benzene rings is 1. The minimum Gasteiger partial charge on any atom is -0.381 e. The number of nitrogens with one attached hydrogen (secondary N) is 2. The molecule has 3 unspecified atom stereocenters. The maximum atomic E-state index is 5.21. The predicted molar refractivity (Wildman–Crippen MR) is 153 cm³/mol. The zero-order chi connectivity index (χ0) is 25.1. The van der Waals surface area contributed by atoms with Gasteiger partial charge in [0.25, 0.3) is 0 Å². The molecule has 0 amide bonds. The zero-order valence-electron chi connectivity index (χ0n) is 22.7. The third-order valence-corrected chi connectivity index (χ3v) is 8.57. The van der Waals surface area contributed by atoms with Crippen LogP contribution in [0.15, 0.2) is 48.2 Å². The molecule has 4 nitrogen and oxygen atoms in total. The topological polar surface area (TPSA) is 44.0 Å². The summed E-state index contributed by atoms with van der Waals surface area (Å²) >= 11 is 0. The number of fused-ring (bicyclic) bond motifs is 3. The Balaban J connectivity index is 1.47. The van der Waals surface area contributed by atoms with Crippen LogP contribution in [0.3, 0.4) is 0 Å². The number of para-hydroxylation sites is 1. The van der Waals surface area contributed by atoms with Gasteiger partial charge in [0.2, 0.25) is 0 Å². The second kappa shape index (κ2) is 11.2. The highest BCUT2D eigenvalue weighted by Gasteiger charge is 2.39. The summed E-state index contributed by atoms with van der Waals surface area (Å²) in [6.07, 6.45) is 15.4. The van der Waals surface area contributed by atoms with E-state index in [2.05, 4.69) is 85.5 Å². The third kappa shape index (κ3) is 4.85. The summed E-state index contributed by atoms with van der Waals surface area (Å²) in [7, 11) is 0. The van der Waals surface area contributed by atoms with Crippen molar-refractivity contribution in [3.63, 3.8) is 0 Å². The molecular formula is C32H44N4. The minimum atomic E-state index is 0.176. The van der Waals surface area contributed by atoms with E-state index < -0.39 is 0 Å². The number of unbranched alkanes of at least 4 members (excludes halogenated alkanes) is 3. The van der Waals surface area contributed by atoms with Gasteiger partial charge in [-0.1, -0.05) is 76.3 Å². The Morgan fingerprint density at radius 2 is 2.00 bits per heavy atom. The molecule has 0 saturated heterocycles. The summed E-state index contributed by atoms with van der Waals surface area (Å²) in [4.78, 5) is 11.8. The maximum absolute atomic E-state index is 5.21. The van der Waals surface area contributed by atoms with Crippen LogP contribution >= 0.6 is 0 Å². The second-order valence-corrected chi connectivity index (χ2v) is 10.9. The van der Waals surface area contributed by atoms with Crippen LogP contribution in [0.25, 0.3) is 10.9 Å². The monoisotopic (exact) mass is 484 g/mol. The predicted octanol–water partition coefficient (Wildman–Crippen LogP) is 7.95. The molecule has 192 valence electrons. The molecule has 2 aliphatic rings. The largest absolute Gasteiger partial charge is 0.381 e. The van der Waals surface area contributed by atoms with E-state index in [1.807, 2.05) is 0 Å². The Morgan fingerprint density at radius 1 is 1.14 bits per heavy atom. The standard InChI is InChI=1S/C32H44N4/c1-5-8-9-10-13-24(7-3)34-25-20-23(6-2)30(33-21-25)32-31-27(26-14-11-12-15-28(26)35-31)18-19-36(32)29-17-16-22(29)4/h11-12,14-16,20-21,24,29,32,34-35H,5-10,13,17-19H2,1-4H3. The molecule has 4 heteroatoms. The first-order chi connectivity index (χ1) is 17.6. The van der Waals surface area contributed by atoms with Crippen LogP contribution < -0.4 is 5.32 Å². The summed E-state index contributed by atoms with van der Waals surface area (Å²) < 4.78 is 0. The van der Waals surface area contributed by atoms with Crippen molar-refractivity contribution >= 4 is 16.6 Å². The number of aromatic nitrogens is 2. The van der Waals surface area contributed by atoms with Crippen molar-refractivity contribution in [1.82, 2.24) is 14.9 Å². The fourth-order valence-corrected chi connectivity index (χ4v) is 6.31. The van der Waals surface area contributed by atoms with E-state index in [1.165, 1.54) is 76.8 Å². The molecule has 3 aromatic rings. The average Bonchev–Trinajstić information content (AvgIpc) is 3.28. The number of nitrogens with zero attached hydrogens (tertiary/aromatic N) is 2. The number of pyridine rings is 1. The molecule has 0 radical (unpaired) electrons. The van der Waals surface area contributed by atoms with Crippen molar-refractivity contribution in [2.24, 2.45) is 0 Å². The second-order valence-electron chi connectivity index (χ2n) is 10.9. The minimum absolute atomic E-state index is 0.176. The molecule has 2 N–H and O–H groups in total. The first kappa shape index (κ1) is 25.1. The SMILES string of the molecule is CCCCCCC(CC)Nc1cnc(C2c3[nH]c4ccccc4c3CCN2C2CC=C2C)c(CC)c1. The average molecular weight is 485 g/mol. The van der Waals surface area contributed by atoms with Crippen LogP contribution in [0.1, 0.15) is 101 Å². The van der Waals surface area contributed by atoms with E-state index in [-0.39, 0.29) is 6.04 Å². The molecular weight excluding hydrogens is 440 g/mol. The Kier molecular flexibility index (Phi) is 7.81. The number of hydrogen-bond donors (Lipinski definition) is 2. The van der Waals surface area contributed by atoms with Crippen LogP contribution in [0.2, 0.25) is 0 Å². The van der Waals surface area contributed by atoms with E-state index in [9.17, 15) is 0 Å².